The molecule has 4 heteroatoms. The lowest BCUT2D eigenvalue weighted by Gasteiger charge is -2.02. The summed E-state index contributed by atoms with van der Waals surface area (Å²) in [4.78, 5) is 11.4. The summed E-state index contributed by atoms with van der Waals surface area (Å²) >= 11 is 0. The van der Waals surface area contributed by atoms with Crippen LogP contribution in [0.25, 0.3) is 11.0 Å². The predicted octanol–water partition coefficient (Wildman–Crippen LogP) is 2.52. The number of carbonyl (C=O) groups excluding carboxylic acids is 1. The van der Waals surface area contributed by atoms with Gasteiger partial charge in [0.05, 0.1) is 18.1 Å². The molecule has 0 aliphatic rings. The number of carbonyl (C=O) groups is 1. The maximum Gasteiger partial charge on any atom is 0.204 e. The highest BCUT2D eigenvalue weighted by molar-refractivity contribution is 6.06. The molecule has 1 heterocycles. The van der Waals surface area contributed by atoms with Gasteiger partial charge in [-0.25, -0.2) is 0 Å². The van der Waals surface area contributed by atoms with Crippen LogP contribution in [-0.2, 0) is 0 Å². The highest BCUT2D eigenvalue weighted by Gasteiger charge is 2.15. The van der Waals surface area contributed by atoms with Gasteiger partial charge >= 0.3 is 0 Å². The Kier molecular flexibility index (Phi) is 2.37. The van der Waals surface area contributed by atoms with Crippen molar-refractivity contribution >= 4 is 16.8 Å². The largest absolute Gasteiger partial charge is 0.496 e. The van der Waals surface area contributed by atoms with E-state index in [2.05, 4.69) is 0 Å². The fraction of sp³-hybridized carbons (Fsp3) is 0.167. The lowest BCUT2D eigenvalue weighted by atomic mass is 10.1. The molecule has 0 radical (unpaired) electrons. The number of nitrogens with zero attached hydrogens (tertiary/aromatic N) is 1. The third kappa shape index (κ3) is 1.43. The SMILES string of the molecule is COc1ccc(C(C)=O)c2oc(C#N)cc12. The van der Waals surface area contributed by atoms with Gasteiger partial charge in [0.1, 0.15) is 17.4 Å². The molecule has 4 nitrogen and oxygen atoms in total. The Labute approximate surface area is 92.0 Å². The molecule has 16 heavy (non-hydrogen) atoms. The molecule has 0 saturated carbocycles. The Hall–Kier alpha value is -2.28. The third-order valence-electron chi connectivity index (χ3n) is 2.35. The van der Waals surface area contributed by atoms with Crippen LogP contribution in [0.3, 0.4) is 0 Å². The summed E-state index contributed by atoms with van der Waals surface area (Å²) in [5, 5.41) is 9.41. The summed E-state index contributed by atoms with van der Waals surface area (Å²) in [5.41, 5.74) is 0.862. The van der Waals surface area contributed by atoms with Gasteiger partial charge in [-0.15, -0.1) is 0 Å². The maximum absolute atomic E-state index is 11.4. The van der Waals surface area contributed by atoms with Crippen molar-refractivity contribution in [2.45, 2.75) is 6.92 Å². The Morgan fingerprint density at radius 3 is 2.81 bits per heavy atom. The summed E-state index contributed by atoms with van der Waals surface area (Å²) in [5.74, 6) is 0.652. The first kappa shape index (κ1) is 10.2. The molecule has 0 N–H and O–H groups in total. The molecule has 0 amide bonds. The normalized spacial score (nSPS) is 10.1. The van der Waals surface area contributed by atoms with Gasteiger partial charge in [-0.3, -0.25) is 4.79 Å². The van der Waals surface area contributed by atoms with Crippen LogP contribution >= 0.6 is 0 Å². The number of benzene rings is 1. The zero-order chi connectivity index (χ0) is 11.7. The fourth-order valence-corrected chi connectivity index (χ4v) is 1.61. The molecule has 1 aromatic carbocycles. The van der Waals surface area contributed by atoms with Crippen LogP contribution in [0.5, 0.6) is 5.75 Å². The summed E-state index contributed by atoms with van der Waals surface area (Å²) in [6.45, 7) is 1.45. The molecule has 0 bridgehead atoms. The highest BCUT2D eigenvalue weighted by Crippen LogP contribution is 2.31. The van der Waals surface area contributed by atoms with Crippen molar-refractivity contribution in [3.05, 3.63) is 29.5 Å². The summed E-state index contributed by atoms with van der Waals surface area (Å²) in [6.07, 6.45) is 0. The smallest absolute Gasteiger partial charge is 0.204 e. The second-order valence-electron chi connectivity index (χ2n) is 3.34. The molecule has 1 aromatic heterocycles. The minimum Gasteiger partial charge on any atom is -0.496 e. The van der Waals surface area contributed by atoms with Gasteiger partial charge in [0.25, 0.3) is 0 Å². The van der Waals surface area contributed by atoms with Crippen LogP contribution in [0.4, 0.5) is 0 Å². The van der Waals surface area contributed by atoms with Gasteiger partial charge in [-0.2, -0.15) is 5.26 Å². The molecular weight excluding hydrogens is 206 g/mol. The summed E-state index contributed by atoms with van der Waals surface area (Å²) in [7, 11) is 1.53. The fourth-order valence-electron chi connectivity index (χ4n) is 1.61. The molecule has 2 aromatic rings. The second kappa shape index (κ2) is 3.70. The van der Waals surface area contributed by atoms with Gasteiger partial charge in [0, 0.05) is 6.07 Å². The number of nitriles is 1. The monoisotopic (exact) mass is 215 g/mol. The van der Waals surface area contributed by atoms with Crippen LogP contribution in [0.15, 0.2) is 22.6 Å². The Morgan fingerprint density at radius 1 is 1.50 bits per heavy atom. The molecule has 0 atom stereocenters. The Morgan fingerprint density at radius 2 is 2.25 bits per heavy atom. The lowest BCUT2D eigenvalue weighted by Crippen LogP contribution is -1.93. The average Bonchev–Trinajstić information content (AvgIpc) is 2.70. The van der Waals surface area contributed by atoms with Crippen LogP contribution < -0.4 is 4.74 Å². The first-order chi connectivity index (χ1) is 7.67. The number of fused-ring (bicyclic) bond motifs is 1. The molecule has 0 fully saturated rings. The van der Waals surface area contributed by atoms with E-state index >= 15 is 0 Å². The number of furan rings is 1. The average molecular weight is 215 g/mol. The van der Waals surface area contributed by atoms with E-state index in [0.717, 1.165) is 0 Å². The first-order valence-corrected chi connectivity index (χ1v) is 4.69. The van der Waals surface area contributed by atoms with Crippen molar-refractivity contribution in [2.75, 3.05) is 7.11 Å². The molecule has 2 rings (SSSR count). The number of ether oxygens (including phenoxy) is 1. The van der Waals surface area contributed by atoms with E-state index in [0.29, 0.717) is 22.3 Å². The number of hydrogen-bond donors (Lipinski definition) is 0. The van der Waals surface area contributed by atoms with Gasteiger partial charge in [-0.1, -0.05) is 0 Å². The number of Topliss-reactive ketones (excluding diaryl/α,β-unsaturated/α-hetero) is 1. The molecule has 0 spiro atoms. The van der Waals surface area contributed by atoms with E-state index in [9.17, 15) is 4.79 Å². The zero-order valence-corrected chi connectivity index (χ0v) is 8.90. The van der Waals surface area contributed by atoms with Crippen molar-refractivity contribution in [1.29, 1.82) is 5.26 Å². The van der Waals surface area contributed by atoms with Crippen LogP contribution in [-0.4, -0.2) is 12.9 Å². The minimum absolute atomic E-state index is 0.105. The summed E-state index contributed by atoms with van der Waals surface area (Å²) < 4.78 is 10.4. The number of hydrogen-bond acceptors (Lipinski definition) is 4. The topological polar surface area (TPSA) is 63.2 Å². The van der Waals surface area contributed by atoms with Gasteiger partial charge in [-0.05, 0) is 19.1 Å². The van der Waals surface area contributed by atoms with Gasteiger partial charge in [0.15, 0.2) is 5.78 Å². The molecule has 0 aliphatic heterocycles. The predicted molar refractivity (Wildman–Crippen MR) is 57.5 cm³/mol. The number of ketones is 1. The van der Waals surface area contributed by atoms with Gasteiger partial charge < -0.3 is 9.15 Å². The van der Waals surface area contributed by atoms with Crippen molar-refractivity contribution in [2.24, 2.45) is 0 Å². The number of rotatable bonds is 2. The van der Waals surface area contributed by atoms with Crippen LogP contribution in [0, 0.1) is 11.3 Å². The third-order valence-corrected chi connectivity index (χ3v) is 2.35. The first-order valence-electron chi connectivity index (χ1n) is 4.69. The van der Waals surface area contributed by atoms with Crippen LogP contribution in [0.2, 0.25) is 0 Å². The quantitative estimate of drug-likeness (QED) is 0.722. The van der Waals surface area contributed by atoms with E-state index in [1.165, 1.54) is 14.0 Å². The van der Waals surface area contributed by atoms with E-state index in [-0.39, 0.29) is 11.5 Å². The van der Waals surface area contributed by atoms with Crippen molar-refractivity contribution in [3.63, 3.8) is 0 Å². The molecule has 80 valence electrons. The zero-order valence-electron chi connectivity index (χ0n) is 8.90. The van der Waals surface area contributed by atoms with E-state index in [1.54, 1.807) is 18.2 Å². The standard InChI is InChI=1S/C12H9NO3/c1-7(14)9-3-4-11(15-2)10-5-8(6-13)16-12(9)10/h3-5H,1-2H3. The Balaban J connectivity index is 2.84. The van der Waals surface area contributed by atoms with Crippen molar-refractivity contribution < 1.29 is 13.9 Å². The van der Waals surface area contributed by atoms with E-state index in [4.69, 9.17) is 14.4 Å². The maximum atomic E-state index is 11.4. The van der Waals surface area contributed by atoms with Gasteiger partial charge in [0.2, 0.25) is 5.76 Å². The van der Waals surface area contributed by atoms with E-state index < -0.39 is 0 Å². The molecular formula is C12H9NO3. The van der Waals surface area contributed by atoms with Crippen molar-refractivity contribution in [3.8, 4) is 11.8 Å². The number of methoxy groups -OCH3 is 1. The second-order valence-corrected chi connectivity index (χ2v) is 3.34. The molecule has 0 aliphatic carbocycles. The minimum atomic E-state index is -0.105. The van der Waals surface area contributed by atoms with Crippen molar-refractivity contribution in [1.82, 2.24) is 0 Å². The Bertz CT molecular complexity index is 604. The van der Waals surface area contributed by atoms with Crippen LogP contribution in [0.1, 0.15) is 23.0 Å². The molecule has 0 unspecified atom stereocenters. The lowest BCUT2D eigenvalue weighted by molar-refractivity contribution is 0.101. The highest BCUT2D eigenvalue weighted by atomic mass is 16.5. The molecule has 0 saturated heterocycles. The van der Waals surface area contributed by atoms with E-state index in [1.807, 2.05) is 6.07 Å². The summed E-state index contributed by atoms with van der Waals surface area (Å²) in [6, 6.07) is 6.79.